The van der Waals surface area contributed by atoms with E-state index in [2.05, 4.69) is 4.99 Å². The van der Waals surface area contributed by atoms with Crippen LogP contribution in [0, 0.1) is 0 Å². The number of nitrogens with zero attached hydrogens (tertiary/aromatic N) is 1. The van der Waals surface area contributed by atoms with Crippen LogP contribution in [0.5, 0.6) is 0 Å². The van der Waals surface area contributed by atoms with Crippen LogP contribution in [-0.4, -0.2) is 29.3 Å². The van der Waals surface area contributed by atoms with Gasteiger partial charge in [0.1, 0.15) is 5.69 Å². The van der Waals surface area contributed by atoms with E-state index in [1.54, 1.807) is 30.3 Å². The quantitative estimate of drug-likeness (QED) is 0.306. The normalized spacial score (nSPS) is 17.5. The lowest BCUT2D eigenvalue weighted by Gasteiger charge is -2.12. The fraction of sp³-hybridized carbons (Fsp3) is 0.0625. The van der Waals surface area contributed by atoms with Crippen LogP contribution < -0.4 is 37.7 Å². The molecule has 1 aliphatic rings. The van der Waals surface area contributed by atoms with Crippen molar-refractivity contribution in [3.63, 3.8) is 0 Å². The molecular formula is C16H15BrN4O4S3. The average Bonchev–Trinajstić information content (AvgIpc) is 2.88. The van der Waals surface area contributed by atoms with Crippen LogP contribution in [0.1, 0.15) is 0 Å². The topological polar surface area (TPSA) is 138 Å². The number of anilines is 1. The lowest BCUT2D eigenvalue weighted by atomic mass is 10.3. The predicted molar refractivity (Wildman–Crippen MR) is 106 cm³/mol. The molecule has 1 fully saturated rings. The Bertz CT molecular complexity index is 1010. The lowest BCUT2D eigenvalue weighted by Crippen LogP contribution is -3.00. The van der Waals surface area contributed by atoms with Crippen molar-refractivity contribution in [2.75, 3.05) is 4.90 Å². The van der Waals surface area contributed by atoms with E-state index in [1.807, 2.05) is 0 Å². The summed E-state index contributed by atoms with van der Waals surface area (Å²) in [4.78, 5) is 28.7. The van der Waals surface area contributed by atoms with E-state index >= 15 is 0 Å². The Balaban J connectivity index is 0.00000280. The molecule has 0 spiro atoms. The largest absolute Gasteiger partial charge is 1.00 e. The summed E-state index contributed by atoms with van der Waals surface area (Å²) >= 11 is 1.90. The number of thioether (sulfide) groups is 2. The number of hydrogen-bond acceptors (Lipinski definition) is 6. The summed E-state index contributed by atoms with van der Waals surface area (Å²) in [6.07, 6.45) is 0. The van der Waals surface area contributed by atoms with Gasteiger partial charge >= 0.3 is 5.17 Å². The summed E-state index contributed by atoms with van der Waals surface area (Å²) in [7, 11) is -3.77. The Morgan fingerprint density at radius 1 is 1.07 bits per heavy atom. The molecule has 0 aromatic heterocycles. The number of nitrogens with two attached hydrogens (primary N) is 2. The second-order valence-electron chi connectivity index (χ2n) is 5.40. The summed E-state index contributed by atoms with van der Waals surface area (Å²) in [5.74, 6) is -0.365. The number of halogens is 1. The number of amides is 2. The van der Waals surface area contributed by atoms with Gasteiger partial charge in [-0.15, -0.1) is 0 Å². The minimum Gasteiger partial charge on any atom is -1.00 e. The number of carbonyl (C=O) groups excluding carboxylic acids is 2. The lowest BCUT2D eigenvalue weighted by molar-refractivity contribution is -0.351. The van der Waals surface area contributed by atoms with Gasteiger partial charge in [-0.2, -0.15) is 0 Å². The molecule has 28 heavy (non-hydrogen) atoms. The third-order valence-corrected chi connectivity index (χ3v) is 6.59. The van der Waals surface area contributed by atoms with E-state index in [0.717, 1.165) is 28.4 Å². The first-order valence-electron chi connectivity index (χ1n) is 7.54. The highest BCUT2D eigenvalue weighted by atomic mass is 79.9. The van der Waals surface area contributed by atoms with Crippen molar-refractivity contribution in [1.29, 1.82) is 0 Å². The number of hydrogen-bond donors (Lipinski definition) is 3. The molecule has 0 radical (unpaired) electrons. The van der Waals surface area contributed by atoms with Gasteiger partial charge in [0.25, 0.3) is 11.1 Å². The Hall–Kier alpha value is -1.86. The van der Waals surface area contributed by atoms with Gasteiger partial charge in [0, 0.05) is 0 Å². The fourth-order valence-corrected chi connectivity index (χ4v) is 4.86. The Kier molecular flexibility index (Phi) is 7.28. The van der Waals surface area contributed by atoms with Crippen LogP contribution in [0.15, 0.2) is 59.5 Å². The first-order valence-corrected chi connectivity index (χ1v) is 10.8. The van der Waals surface area contributed by atoms with Gasteiger partial charge in [-0.25, -0.2) is 23.4 Å². The third kappa shape index (κ3) is 5.14. The van der Waals surface area contributed by atoms with Crippen molar-refractivity contribution in [2.24, 2.45) is 10.9 Å². The Labute approximate surface area is 180 Å². The van der Waals surface area contributed by atoms with Gasteiger partial charge in [-0.1, -0.05) is 18.2 Å². The zero-order valence-corrected chi connectivity index (χ0v) is 18.1. The maximum Gasteiger partial charge on any atom is 0.308 e. The molecule has 0 bridgehead atoms. The number of nitrogens with one attached hydrogen (secondary N) is 1. The molecule has 2 aromatic rings. The summed E-state index contributed by atoms with van der Waals surface area (Å²) in [5, 5.41) is 4.88. The molecule has 1 saturated heterocycles. The van der Waals surface area contributed by atoms with E-state index in [0.29, 0.717) is 11.4 Å². The maximum absolute atomic E-state index is 12.5. The average molecular weight is 503 g/mol. The van der Waals surface area contributed by atoms with Crippen LogP contribution >= 0.6 is 23.5 Å². The van der Waals surface area contributed by atoms with Crippen molar-refractivity contribution in [1.82, 2.24) is 0 Å². The second kappa shape index (κ2) is 9.09. The van der Waals surface area contributed by atoms with Gasteiger partial charge in [0.2, 0.25) is 10.0 Å². The molecule has 3 rings (SSSR count). The number of para-hydroxylation sites is 1. The molecule has 1 unspecified atom stereocenters. The van der Waals surface area contributed by atoms with Crippen LogP contribution in [-0.2, 0) is 14.8 Å². The minimum absolute atomic E-state index is 0. The standard InChI is InChI=1S/C16H14N4O4S3.BrH/c17-15(19-10-6-8-12(9-7-10)27(18,23)24)25-14-13(21)20(16(22)26-14)11-4-2-1-3-5-11;/h1-9,14H,(H2,17,19)(H2,18,23,24);1H. The number of primary sulfonamides is 1. The van der Waals surface area contributed by atoms with E-state index in [-0.39, 0.29) is 38.2 Å². The summed E-state index contributed by atoms with van der Waals surface area (Å²) in [5.41, 5.74) is 6.96. The molecule has 0 aliphatic carbocycles. The number of amidine groups is 1. The van der Waals surface area contributed by atoms with Crippen molar-refractivity contribution >= 4 is 61.2 Å². The first kappa shape index (κ1) is 22.4. The van der Waals surface area contributed by atoms with Crippen LogP contribution in [0.2, 0.25) is 0 Å². The van der Waals surface area contributed by atoms with Gasteiger partial charge in [-0.3, -0.25) is 15.3 Å². The minimum atomic E-state index is -3.77. The van der Waals surface area contributed by atoms with Crippen LogP contribution in [0.3, 0.4) is 0 Å². The summed E-state index contributed by atoms with van der Waals surface area (Å²) in [6, 6.07) is 14.3. The molecule has 1 heterocycles. The van der Waals surface area contributed by atoms with Crippen molar-refractivity contribution in [2.45, 2.75) is 9.48 Å². The van der Waals surface area contributed by atoms with Crippen molar-refractivity contribution in [3.8, 4) is 0 Å². The maximum atomic E-state index is 12.5. The third-order valence-electron chi connectivity index (χ3n) is 3.51. The molecule has 0 saturated carbocycles. The van der Waals surface area contributed by atoms with Gasteiger partial charge in [0.15, 0.2) is 4.58 Å². The zero-order valence-electron chi connectivity index (χ0n) is 14.1. The molecule has 8 nitrogen and oxygen atoms in total. The molecule has 5 N–H and O–H groups in total. The van der Waals surface area contributed by atoms with Gasteiger partial charge < -0.3 is 17.0 Å². The van der Waals surface area contributed by atoms with E-state index in [9.17, 15) is 18.0 Å². The molecule has 2 amide bonds. The second-order valence-corrected chi connectivity index (χ2v) is 9.46. The fourth-order valence-electron chi connectivity index (χ4n) is 2.29. The highest BCUT2D eigenvalue weighted by Crippen LogP contribution is 2.36. The Morgan fingerprint density at radius 2 is 1.68 bits per heavy atom. The smallest absolute Gasteiger partial charge is 0.308 e. The summed E-state index contributed by atoms with van der Waals surface area (Å²) < 4.78 is 21.8. The van der Waals surface area contributed by atoms with Crippen LogP contribution in [0.4, 0.5) is 16.2 Å². The number of imide groups is 1. The number of benzene rings is 2. The van der Waals surface area contributed by atoms with Crippen molar-refractivity contribution < 1.29 is 40.0 Å². The molecular weight excluding hydrogens is 488 g/mol. The van der Waals surface area contributed by atoms with Crippen LogP contribution in [0.25, 0.3) is 0 Å². The number of rotatable bonds is 4. The summed E-state index contributed by atoms with van der Waals surface area (Å²) in [6.45, 7) is 0. The molecule has 148 valence electrons. The predicted octanol–water partition coefficient (Wildman–Crippen LogP) is -2.68. The molecule has 2 aromatic carbocycles. The number of sulfonamides is 1. The first-order chi connectivity index (χ1) is 12.8. The zero-order chi connectivity index (χ0) is 19.6. The van der Waals surface area contributed by atoms with Gasteiger partial charge in [0.05, 0.1) is 10.6 Å². The highest BCUT2D eigenvalue weighted by Gasteiger charge is 2.42. The van der Waals surface area contributed by atoms with E-state index < -0.39 is 14.6 Å². The highest BCUT2D eigenvalue weighted by molar-refractivity contribution is 8.31. The van der Waals surface area contributed by atoms with E-state index in [1.165, 1.54) is 24.3 Å². The van der Waals surface area contributed by atoms with Gasteiger partial charge in [-0.05, 0) is 59.9 Å². The monoisotopic (exact) mass is 502 g/mol. The molecule has 1 atom stereocenters. The van der Waals surface area contributed by atoms with Crippen molar-refractivity contribution in [3.05, 3.63) is 54.6 Å². The SMILES string of the molecule is NC(=[NH+]c1ccc(S(N)(=O)=O)cc1)SC1SC(=O)N(c2ccccc2)C1=O.[Br-]. The van der Waals surface area contributed by atoms with E-state index in [4.69, 9.17) is 10.9 Å². The Morgan fingerprint density at radius 3 is 2.25 bits per heavy atom. The molecule has 12 heteroatoms. The number of carbonyl (C=O) groups is 2. The molecule has 1 aliphatic heterocycles.